The number of aliphatic hydroxyl groups excluding tert-OH is 1. The third-order valence-corrected chi connectivity index (χ3v) is 4.26. The number of para-hydroxylation sites is 1. The molecule has 1 atom stereocenters. The van der Waals surface area contributed by atoms with Gasteiger partial charge in [-0.25, -0.2) is 0 Å². The lowest BCUT2D eigenvalue weighted by atomic mass is 10.0. The highest BCUT2D eigenvalue weighted by atomic mass is 16.3. The van der Waals surface area contributed by atoms with E-state index < -0.39 is 6.10 Å². The molecular weight excluding hydrogens is 268 g/mol. The molecule has 0 saturated carbocycles. The molecule has 0 radical (unpaired) electrons. The first-order chi connectivity index (χ1) is 10.1. The number of likely N-dealkylation sites (tertiary alicyclic amines) is 1. The second-order valence-electron chi connectivity index (χ2n) is 5.71. The third-order valence-electron chi connectivity index (χ3n) is 4.26. The SMILES string of the molecule is O=C(CCN1C(=O)CCc2ccccc21)N1CC[C@@H](O)C1. The summed E-state index contributed by atoms with van der Waals surface area (Å²) < 4.78 is 0. The van der Waals surface area contributed by atoms with Crippen molar-refractivity contribution < 1.29 is 14.7 Å². The number of benzene rings is 1. The molecule has 1 saturated heterocycles. The molecule has 0 spiro atoms. The van der Waals surface area contributed by atoms with Gasteiger partial charge in [0.2, 0.25) is 11.8 Å². The van der Waals surface area contributed by atoms with Crippen LogP contribution in [0.3, 0.4) is 0 Å². The van der Waals surface area contributed by atoms with Crippen molar-refractivity contribution in [2.75, 3.05) is 24.5 Å². The molecule has 1 aromatic carbocycles. The standard InChI is InChI=1S/C16H20N2O3/c19-13-7-9-17(11-13)15(20)8-10-18-14-4-2-1-3-12(14)5-6-16(18)21/h1-4,13,19H,5-11H2/t13-/m1/s1. The van der Waals surface area contributed by atoms with Crippen molar-refractivity contribution in [2.24, 2.45) is 0 Å². The molecule has 1 fully saturated rings. The summed E-state index contributed by atoms with van der Waals surface area (Å²) in [4.78, 5) is 27.6. The van der Waals surface area contributed by atoms with Gasteiger partial charge in [0.25, 0.3) is 0 Å². The van der Waals surface area contributed by atoms with Crippen molar-refractivity contribution in [3.63, 3.8) is 0 Å². The molecule has 0 aromatic heterocycles. The van der Waals surface area contributed by atoms with Gasteiger partial charge in [-0.3, -0.25) is 9.59 Å². The number of fused-ring (bicyclic) bond motifs is 1. The fourth-order valence-electron chi connectivity index (χ4n) is 3.08. The maximum atomic E-state index is 12.1. The van der Waals surface area contributed by atoms with Gasteiger partial charge in [-0.2, -0.15) is 0 Å². The lowest BCUT2D eigenvalue weighted by Crippen LogP contribution is -2.39. The Morgan fingerprint density at radius 2 is 2.10 bits per heavy atom. The second kappa shape index (κ2) is 5.85. The number of nitrogens with zero attached hydrogens (tertiary/aromatic N) is 2. The summed E-state index contributed by atoms with van der Waals surface area (Å²) in [6.07, 6.45) is 1.85. The van der Waals surface area contributed by atoms with Gasteiger partial charge in [0.1, 0.15) is 0 Å². The Morgan fingerprint density at radius 3 is 2.86 bits per heavy atom. The number of rotatable bonds is 3. The van der Waals surface area contributed by atoms with Crippen molar-refractivity contribution in [1.82, 2.24) is 4.90 Å². The van der Waals surface area contributed by atoms with E-state index in [1.165, 1.54) is 5.56 Å². The van der Waals surface area contributed by atoms with Crippen molar-refractivity contribution in [1.29, 1.82) is 0 Å². The lowest BCUT2D eigenvalue weighted by Gasteiger charge is -2.29. The van der Waals surface area contributed by atoms with Gasteiger partial charge >= 0.3 is 0 Å². The van der Waals surface area contributed by atoms with Crippen LogP contribution in [0, 0.1) is 0 Å². The zero-order valence-electron chi connectivity index (χ0n) is 12.0. The van der Waals surface area contributed by atoms with Crippen molar-refractivity contribution in [2.45, 2.75) is 31.8 Å². The van der Waals surface area contributed by atoms with Gasteiger partial charge in [-0.1, -0.05) is 18.2 Å². The number of amides is 2. The van der Waals surface area contributed by atoms with E-state index in [0.717, 1.165) is 12.1 Å². The largest absolute Gasteiger partial charge is 0.391 e. The highest BCUT2D eigenvalue weighted by Gasteiger charge is 2.27. The Morgan fingerprint density at radius 1 is 1.29 bits per heavy atom. The van der Waals surface area contributed by atoms with Crippen LogP contribution in [0.1, 0.15) is 24.8 Å². The molecule has 2 amide bonds. The number of β-amino-alcohol motifs (C(OH)–C–C–N with tert-alkyl or cyclic N) is 1. The minimum Gasteiger partial charge on any atom is -0.391 e. The topological polar surface area (TPSA) is 60.9 Å². The number of aliphatic hydroxyl groups is 1. The number of anilines is 1. The number of hydrogen-bond acceptors (Lipinski definition) is 3. The molecule has 0 unspecified atom stereocenters. The molecule has 2 heterocycles. The highest BCUT2D eigenvalue weighted by molar-refractivity contribution is 5.97. The molecular formula is C16H20N2O3. The molecule has 0 aliphatic carbocycles. The van der Waals surface area contributed by atoms with E-state index in [4.69, 9.17) is 0 Å². The number of carbonyl (C=O) groups is 2. The smallest absolute Gasteiger partial charge is 0.227 e. The maximum Gasteiger partial charge on any atom is 0.227 e. The van der Waals surface area contributed by atoms with E-state index >= 15 is 0 Å². The van der Waals surface area contributed by atoms with Gasteiger partial charge < -0.3 is 14.9 Å². The van der Waals surface area contributed by atoms with Gasteiger partial charge in [0, 0.05) is 38.2 Å². The minimum atomic E-state index is -0.397. The second-order valence-corrected chi connectivity index (χ2v) is 5.71. The van der Waals surface area contributed by atoms with Crippen LogP contribution in [0.25, 0.3) is 0 Å². The maximum absolute atomic E-state index is 12.1. The Hall–Kier alpha value is -1.88. The first kappa shape index (κ1) is 14.1. The number of hydrogen-bond donors (Lipinski definition) is 1. The Balaban J connectivity index is 1.65. The molecule has 1 N–H and O–H groups in total. The number of carbonyl (C=O) groups excluding carboxylic acids is 2. The van der Waals surface area contributed by atoms with Crippen LogP contribution in [0.5, 0.6) is 0 Å². The first-order valence-electron chi connectivity index (χ1n) is 7.49. The van der Waals surface area contributed by atoms with Crippen LogP contribution in [0.4, 0.5) is 5.69 Å². The molecule has 5 heteroatoms. The fourth-order valence-corrected chi connectivity index (χ4v) is 3.08. The Bertz CT molecular complexity index is 558. The molecule has 2 aliphatic rings. The van der Waals surface area contributed by atoms with Crippen LogP contribution in [0.15, 0.2) is 24.3 Å². The summed E-state index contributed by atoms with van der Waals surface area (Å²) in [5, 5.41) is 9.48. The van der Waals surface area contributed by atoms with Gasteiger partial charge in [0.05, 0.1) is 6.10 Å². The summed E-state index contributed by atoms with van der Waals surface area (Å²) in [6.45, 7) is 1.45. The zero-order chi connectivity index (χ0) is 14.8. The van der Waals surface area contributed by atoms with E-state index in [1.807, 2.05) is 24.3 Å². The third kappa shape index (κ3) is 2.93. The van der Waals surface area contributed by atoms with Gasteiger partial charge in [0.15, 0.2) is 0 Å². The quantitative estimate of drug-likeness (QED) is 0.901. The lowest BCUT2D eigenvalue weighted by molar-refractivity contribution is -0.130. The molecule has 0 bridgehead atoms. The van der Waals surface area contributed by atoms with Crippen LogP contribution in [-0.2, 0) is 16.0 Å². The van der Waals surface area contributed by atoms with Crippen LogP contribution < -0.4 is 4.90 Å². The van der Waals surface area contributed by atoms with E-state index in [2.05, 4.69) is 0 Å². The van der Waals surface area contributed by atoms with Gasteiger partial charge in [-0.05, 0) is 24.5 Å². The number of aryl methyl sites for hydroxylation is 1. The molecule has 21 heavy (non-hydrogen) atoms. The van der Waals surface area contributed by atoms with E-state index in [1.54, 1.807) is 9.80 Å². The average molecular weight is 288 g/mol. The fraction of sp³-hybridized carbons (Fsp3) is 0.500. The van der Waals surface area contributed by atoms with Crippen LogP contribution in [0.2, 0.25) is 0 Å². The summed E-state index contributed by atoms with van der Waals surface area (Å²) in [7, 11) is 0. The molecule has 2 aliphatic heterocycles. The van der Waals surface area contributed by atoms with E-state index in [9.17, 15) is 14.7 Å². The minimum absolute atomic E-state index is 0.0161. The van der Waals surface area contributed by atoms with Crippen LogP contribution >= 0.6 is 0 Å². The van der Waals surface area contributed by atoms with Crippen molar-refractivity contribution >= 4 is 17.5 Å². The summed E-state index contributed by atoms with van der Waals surface area (Å²) in [6, 6.07) is 7.87. The van der Waals surface area contributed by atoms with Crippen LogP contribution in [-0.4, -0.2) is 47.6 Å². The molecule has 5 nitrogen and oxygen atoms in total. The van der Waals surface area contributed by atoms with E-state index in [-0.39, 0.29) is 11.8 Å². The normalized spacial score (nSPS) is 21.6. The monoisotopic (exact) mass is 288 g/mol. The van der Waals surface area contributed by atoms with E-state index in [0.29, 0.717) is 38.9 Å². The summed E-state index contributed by atoms with van der Waals surface area (Å²) in [5.41, 5.74) is 2.10. The highest BCUT2D eigenvalue weighted by Crippen LogP contribution is 2.27. The Labute approximate surface area is 124 Å². The first-order valence-corrected chi connectivity index (χ1v) is 7.49. The average Bonchev–Trinajstić information content (AvgIpc) is 2.92. The van der Waals surface area contributed by atoms with Crippen molar-refractivity contribution in [3.8, 4) is 0 Å². The predicted octanol–water partition coefficient (Wildman–Crippen LogP) is 0.949. The predicted molar refractivity (Wildman–Crippen MR) is 78.9 cm³/mol. The molecule has 1 aromatic rings. The zero-order valence-corrected chi connectivity index (χ0v) is 12.0. The van der Waals surface area contributed by atoms with Gasteiger partial charge in [-0.15, -0.1) is 0 Å². The van der Waals surface area contributed by atoms with Crippen molar-refractivity contribution in [3.05, 3.63) is 29.8 Å². The molecule has 3 rings (SSSR count). The Kier molecular flexibility index (Phi) is 3.92. The summed E-state index contributed by atoms with van der Waals surface area (Å²) in [5.74, 6) is 0.102. The molecule has 112 valence electrons. The summed E-state index contributed by atoms with van der Waals surface area (Å²) >= 11 is 0.